The summed E-state index contributed by atoms with van der Waals surface area (Å²) in [7, 11) is 0. The smallest absolute Gasteiger partial charge is 0.182 e. The predicted octanol–water partition coefficient (Wildman–Crippen LogP) is 2.37. The summed E-state index contributed by atoms with van der Waals surface area (Å²) in [4.78, 5) is 22.7. The third kappa shape index (κ3) is 2.28. The van der Waals surface area contributed by atoms with Gasteiger partial charge in [-0.1, -0.05) is 11.6 Å². The first-order chi connectivity index (χ1) is 6.52. The minimum atomic E-state index is -0.0539. The van der Waals surface area contributed by atoms with E-state index < -0.39 is 0 Å². The molecule has 0 heterocycles. The molecular weight excluding hydrogens is 176 g/mol. The molecule has 0 aromatic carbocycles. The van der Waals surface area contributed by atoms with E-state index in [2.05, 4.69) is 0 Å². The number of hydrogen-bond acceptors (Lipinski definition) is 2. The van der Waals surface area contributed by atoms with Gasteiger partial charge in [-0.2, -0.15) is 0 Å². The SMILES string of the molecule is CC(C)=CCC1=C(C)C(=O)C=CC1=O. The number of allylic oxidation sites excluding steroid dienone is 6. The van der Waals surface area contributed by atoms with Gasteiger partial charge >= 0.3 is 0 Å². The van der Waals surface area contributed by atoms with Crippen LogP contribution in [0.4, 0.5) is 0 Å². The highest BCUT2D eigenvalue weighted by Crippen LogP contribution is 2.17. The van der Waals surface area contributed by atoms with Crippen LogP contribution in [0.3, 0.4) is 0 Å². The monoisotopic (exact) mass is 190 g/mol. The van der Waals surface area contributed by atoms with Gasteiger partial charge in [0.2, 0.25) is 0 Å². The van der Waals surface area contributed by atoms with E-state index in [1.54, 1.807) is 6.92 Å². The van der Waals surface area contributed by atoms with Crippen LogP contribution in [0.15, 0.2) is 34.9 Å². The van der Waals surface area contributed by atoms with E-state index in [4.69, 9.17) is 0 Å². The first-order valence-corrected chi connectivity index (χ1v) is 4.62. The number of rotatable bonds is 2. The maximum Gasteiger partial charge on any atom is 0.182 e. The minimum absolute atomic E-state index is 0.0420. The Labute approximate surface area is 84.0 Å². The van der Waals surface area contributed by atoms with Gasteiger partial charge in [-0.3, -0.25) is 9.59 Å². The second kappa shape index (κ2) is 4.18. The zero-order valence-corrected chi connectivity index (χ0v) is 8.76. The summed E-state index contributed by atoms with van der Waals surface area (Å²) >= 11 is 0. The third-order valence-corrected chi connectivity index (χ3v) is 2.22. The summed E-state index contributed by atoms with van der Waals surface area (Å²) in [6, 6.07) is 0. The van der Waals surface area contributed by atoms with Crippen LogP contribution in [0.2, 0.25) is 0 Å². The average Bonchev–Trinajstić information content (AvgIpc) is 2.11. The zero-order chi connectivity index (χ0) is 10.7. The molecule has 0 saturated carbocycles. The summed E-state index contributed by atoms with van der Waals surface area (Å²) < 4.78 is 0. The lowest BCUT2D eigenvalue weighted by atomic mass is 9.93. The molecule has 0 spiro atoms. The molecule has 1 aliphatic carbocycles. The molecule has 0 bridgehead atoms. The standard InChI is InChI=1S/C12H14O2/c1-8(2)4-5-10-9(3)11(13)6-7-12(10)14/h4,6-7H,5H2,1-3H3. The van der Waals surface area contributed by atoms with Crippen molar-refractivity contribution in [3.63, 3.8) is 0 Å². The molecule has 0 unspecified atom stereocenters. The number of hydrogen-bond donors (Lipinski definition) is 0. The van der Waals surface area contributed by atoms with Crippen molar-refractivity contribution in [3.8, 4) is 0 Å². The highest BCUT2D eigenvalue weighted by Gasteiger charge is 2.17. The van der Waals surface area contributed by atoms with Crippen molar-refractivity contribution in [3.05, 3.63) is 34.9 Å². The van der Waals surface area contributed by atoms with E-state index in [9.17, 15) is 9.59 Å². The van der Waals surface area contributed by atoms with Gasteiger partial charge < -0.3 is 0 Å². The van der Waals surface area contributed by atoms with E-state index in [0.29, 0.717) is 17.6 Å². The number of carbonyl (C=O) groups is 2. The van der Waals surface area contributed by atoms with Gasteiger partial charge in [0.15, 0.2) is 11.6 Å². The predicted molar refractivity (Wildman–Crippen MR) is 55.9 cm³/mol. The van der Waals surface area contributed by atoms with Gasteiger partial charge in [0.1, 0.15) is 0 Å². The summed E-state index contributed by atoms with van der Waals surface area (Å²) in [5, 5.41) is 0. The molecule has 0 aliphatic heterocycles. The Morgan fingerprint density at radius 1 is 1.21 bits per heavy atom. The van der Waals surface area contributed by atoms with Crippen LogP contribution in [0.25, 0.3) is 0 Å². The average molecular weight is 190 g/mol. The molecule has 2 nitrogen and oxygen atoms in total. The summed E-state index contributed by atoms with van der Waals surface area (Å²) in [6.07, 6.45) is 5.21. The van der Waals surface area contributed by atoms with Gasteiger partial charge in [0.05, 0.1) is 0 Å². The van der Waals surface area contributed by atoms with Gasteiger partial charge in [-0.15, -0.1) is 0 Å². The lowest BCUT2D eigenvalue weighted by Gasteiger charge is -2.09. The van der Waals surface area contributed by atoms with Crippen molar-refractivity contribution >= 4 is 11.6 Å². The largest absolute Gasteiger partial charge is 0.290 e. The highest BCUT2D eigenvalue weighted by molar-refractivity contribution is 6.19. The van der Waals surface area contributed by atoms with Crippen molar-refractivity contribution in [1.82, 2.24) is 0 Å². The third-order valence-electron chi connectivity index (χ3n) is 2.22. The van der Waals surface area contributed by atoms with E-state index in [1.165, 1.54) is 12.2 Å². The van der Waals surface area contributed by atoms with Crippen LogP contribution >= 0.6 is 0 Å². The van der Waals surface area contributed by atoms with E-state index in [0.717, 1.165) is 5.57 Å². The molecule has 0 N–H and O–H groups in total. The van der Waals surface area contributed by atoms with Gasteiger partial charge in [-0.05, 0) is 39.3 Å². The summed E-state index contributed by atoms with van der Waals surface area (Å²) in [5.74, 6) is -0.0960. The molecular formula is C12H14O2. The summed E-state index contributed by atoms with van der Waals surface area (Å²) in [5.41, 5.74) is 2.36. The van der Waals surface area contributed by atoms with Crippen LogP contribution in [0, 0.1) is 0 Å². The van der Waals surface area contributed by atoms with Gasteiger partial charge in [0, 0.05) is 11.1 Å². The fraction of sp³-hybridized carbons (Fsp3) is 0.333. The molecule has 0 amide bonds. The molecule has 1 aliphatic rings. The number of carbonyl (C=O) groups excluding carboxylic acids is 2. The highest BCUT2D eigenvalue weighted by atomic mass is 16.1. The second-order valence-corrected chi connectivity index (χ2v) is 3.65. The van der Waals surface area contributed by atoms with Crippen LogP contribution < -0.4 is 0 Å². The van der Waals surface area contributed by atoms with E-state index in [1.807, 2.05) is 19.9 Å². The van der Waals surface area contributed by atoms with Crippen molar-refractivity contribution in [2.75, 3.05) is 0 Å². The Kier molecular flexibility index (Phi) is 3.18. The van der Waals surface area contributed by atoms with Gasteiger partial charge in [-0.25, -0.2) is 0 Å². The van der Waals surface area contributed by atoms with Crippen LogP contribution in [-0.4, -0.2) is 11.6 Å². The molecule has 0 fully saturated rings. The van der Waals surface area contributed by atoms with Crippen LogP contribution in [-0.2, 0) is 9.59 Å². The minimum Gasteiger partial charge on any atom is -0.290 e. The van der Waals surface area contributed by atoms with Gasteiger partial charge in [0.25, 0.3) is 0 Å². The van der Waals surface area contributed by atoms with E-state index in [-0.39, 0.29) is 11.6 Å². The molecule has 74 valence electrons. The zero-order valence-electron chi connectivity index (χ0n) is 8.76. The number of ketones is 2. The van der Waals surface area contributed by atoms with E-state index >= 15 is 0 Å². The Morgan fingerprint density at radius 3 is 2.36 bits per heavy atom. The fourth-order valence-electron chi connectivity index (χ4n) is 1.27. The Hall–Kier alpha value is -1.44. The summed E-state index contributed by atoms with van der Waals surface area (Å²) in [6.45, 7) is 5.65. The normalized spacial score (nSPS) is 16.2. The Balaban J connectivity index is 2.94. The maximum atomic E-state index is 11.4. The molecule has 0 radical (unpaired) electrons. The fourth-order valence-corrected chi connectivity index (χ4v) is 1.27. The van der Waals surface area contributed by atoms with Crippen LogP contribution in [0.1, 0.15) is 27.2 Å². The molecule has 0 aromatic heterocycles. The van der Waals surface area contributed by atoms with Crippen molar-refractivity contribution in [2.45, 2.75) is 27.2 Å². The van der Waals surface area contributed by atoms with Crippen molar-refractivity contribution < 1.29 is 9.59 Å². The lowest BCUT2D eigenvalue weighted by Crippen LogP contribution is -2.12. The molecule has 0 atom stereocenters. The van der Waals surface area contributed by atoms with Crippen molar-refractivity contribution in [2.24, 2.45) is 0 Å². The maximum absolute atomic E-state index is 11.4. The molecule has 14 heavy (non-hydrogen) atoms. The molecule has 2 heteroatoms. The quantitative estimate of drug-likeness (QED) is 0.495. The lowest BCUT2D eigenvalue weighted by molar-refractivity contribution is -0.115. The Bertz CT molecular complexity index is 364. The topological polar surface area (TPSA) is 34.1 Å². The first-order valence-electron chi connectivity index (χ1n) is 4.62. The van der Waals surface area contributed by atoms with Crippen LogP contribution in [0.5, 0.6) is 0 Å². The van der Waals surface area contributed by atoms with Crippen molar-refractivity contribution in [1.29, 1.82) is 0 Å². The molecule has 1 rings (SSSR count). The molecule has 0 saturated heterocycles. The molecule has 0 aromatic rings. The second-order valence-electron chi connectivity index (χ2n) is 3.65. The Morgan fingerprint density at radius 2 is 1.79 bits per heavy atom. The first kappa shape index (κ1) is 10.6.